The summed E-state index contributed by atoms with van der Waals surface area (Å²) in [5.41, 5.74) is 3.77. The Morgan fingerprint density at radius 1 is 0.889 bits per heavy atom. The number of hydrogen-bond donors (Lipinski definition) is 0. The van der Waals surface area contributed by atoms with Gasteiger partial charge in [0, 0.05) is 31.9 Å². The van der Waals surface area contributed by atoms with Gasteiger partial charge in [0.2, 0.25) is 11.7 Å². The molecule has 36 heavy (non-hydrogen) atoms. The van der Waals surface area contributed by atoms with E-state index >= 15 is 0 Å². The molecule has 0 bridgehead atoms. The van der Waals surface area contributed by atoms with Gasteiger partial charge in [-0.3, -0.25) is 18.8 Å². The number of aromatic nitrogens is 6. The SMILES string of the molecule is Cc1ccc(Cn2c(=O)c3nn(C)cc3n3c(=O)n(Cc4ccc(N5CCCC5=O)cc4)nc23)cc1. The Morgan fingerprint density at radius 2 is 1.58 bits per heavy atom. The Kier molecular flexibility index (Phi) is 5.10. The topological polar surface area (TPSA) is 99.4 Å². The van der Waals surface area contributed by atoms with E-state index in [1.165, 1.54) is 18.3 Å². The van der Waals surface area contributed by atoms with Crippen molar-refractivity contribution < 1.29 is 4.79 Å². The quantitative estimate of drug-likeness (QED) is 0.381. The van der Waals surface area contributed by atoms with Crippen molar-refractivity contribution >= 4 is 28.4 Å². The number of fused-ring (bicyclic) bond motifs is 3. The zero-order chi connectivity index (χ0) is 25.0. The van der Waals surface area contributed by atoms with E-state index in [2.05, 4.69) is 10.2 Å². The highest BCUT2D eigenvalue weighted by Crippen LogP contribution is 2.22. The van der Waals surface area contributed by atoms with Crippen molar-refractivity contribution in [2.75, 3.05) is 11.4 Å². The predicted molar refractivity (Wildman–Crippen MR) is 135 cm³/mol. The van der Waals surface area contributed by atoms with Gasteiger partial charge in [0.1, 0.15) is 5.52 Å². The molecular weight excluding hydrogens is 458 g/mol. The van der Waals surface area contributed by atoms with Crippen LogP contribution in [0.15, 0.2) is 64.3 Å². The monoisotopic (exact) mass is 483 g/mol. The number of benzene rings is 2. The van der Waals surface area contributed by atoms with Gasteiger partial charge in [-0.05, 0) is 36.6 Å². The molecule has 0 N–H and O–H groups in total. The molecule has 0 spiro atoms. The molecule has 5 aromatic rings. The molecule has 1 amide bonds. The fourth-order valence-electron chi connectivity index (χ4n) is 4.79. The van der Waals surface area contributed by atoms with Crippen molar-refractivity contribution in [3.8, 4) is 0 Å². The smallest absolute Gasteiger partial charge is 0.312 e. The molecule has 1 aliphatic rings. The Labute approximate surface area is 205 Å². The highest BCUT2D eigenvalue weighted by atomic mass is 16.2. The third-order valence-electron chi connectivity index (χ3n) is 6.68. The summed E-state index contributed by atoms with van der Waals surface area (Å²) in [5.74, 6) is 0.400. The van der Waals surface area contributed by atoms with E-state index in [0.717, 1.165) is 35.3 Å². The molecule has 0 atom stereocenters. The molecular formula is C26H25N7O3. The normalized spacial score (nSPS) is 13.9. The Bertz CT molecular complexity index is 1740. The highest BCUT2D eigenvalue weighted by molar-refractivity contribution is 5.95. The van der Waals surface area contributed by atoms with Gasteiger partial charge >= 0.3 is 5.69 Å². The largest absolute Gasteiger partial charge is 0.352 e. The minimum atomic E-state index is -0.348. The first-order valence-electron chi connectivity index (χ1n) is 11.9. The lowest BCUT2D eigenvalue weighted by Gasteiger charge is -2.15. The summed E-state index contributed by atoms with van der Waals surface area (Å²) in [6, 6.07) is 15.5. The van der Waals surface area contributed by atoms with E-state index in [1.54, 1.807) is 18.1 Å². The number of rotatable bonds is 5. The Balaban J connectivity index is 1.44. The molecule has 3 aromatic heterocycles. The number of hydrogen-bond acceptors (Lipinski definition) is 5. The minimum Gasteiger partial charge on any atom is -0.312 e. The van der Waals surface area contributed by atoms with E-state index in [9.17, 15) is 14.4 Å². The van der Waals surface area contributed by atoms with E-state index in [-0.39, 0.29) is 41.5 Å². The number of carbonyl (C=O) groups excluding carboxylic acids is 1. The summed E-state index contributed by atoms with van der Waals surface area (Å²) < 4.78 is 5.85. The van der Waals surface area contributed by atoms with E-state index < -0.39 is 0 Å². The summed E-state index contributed by atoms with van der Waals surface area (Å²) in [4.78, 5) is 40.7. The number of carbonyl (C=O) groups is 1. The van der Waals surface area contributed by atoms with E-state index in [0.29, 0.717) is 11.9 Å². The van der Waals surface area contributed by atoms with Crippen molar-refractivity contribution in [1.29, 1.82) is 0 Å². The van der Waals surface area contributed by atoms with Crippen LogP contribution in [0.4, 0.5) is 5.69 Å². The van der Waals surface area contributed by atoms with Gasteiger partial charge in [-0.2, -0.15) is 5.10 Å². The van der Waals surface area contributed by atoms with E-state index in [1.807, 2.05) is 55.5 Å². The molecule has 1 saturated heterocycles. The second-order valence-electron chi connectivity index (χ2n) is 9.30. The summed E-state index contributed by atoms with van der Waals surface area (Å²) >= 11 is 0. The zero-order valence-corrected chi connectivity index (χ0v) is 20.1. The van der Waals surface area contributed by atoms with E-state index in [4.69, 9.17) is 0 Å². The van der Waals surface area contributed by atoms with Gasteiger partial charge in [-0.15, -0.1) is 5.10 Å². The van der Waals surface area contributed by atoms with Crippen LogP contribution in [0.5, 0.6) is 0 Å². The molecule has 182 valence electrons. The first-order valence-corrected chi connectivity index (χ1v) is 11.9. The van der Waals surface area contributed by atoms with Crippen LogP contribution in [0.3, 0.4) is 0 Å². The van der Waals surface area contributed by atoms with Gasteiger partial charge in [0.15, 0.2) is 5.52 Å². The van der Waals surface area contributed by atoms with Crippen LogP contribution in [0.1, 0.15) is 29.5 Å². The molecule has 0 unspecified atom stereocenters. The second-order valence-corrected chi connectivity index (χ2v) is 9.30. The zero-order valence-electron chi connectivity index (χ0n) is 20.1. The van der Waals surface area contributed by atoms with Crippen molar-refractivity contribution in [2.45, 2.75) is 32.9 Å². The van der Waals surface area contributed by atoms with Gasteiger partial charge in [-0.25, -0.2) is 13.9 Å². The average Bonchev–Trinajstić information content (AvgIpc) is 3.56. The standard InChI is InChI=1S/C26H25N7O3/c1-17-5-7-18(8-6-17)14-31-24(35)23-21(16-29(2)27-23)33-25(31)28-32(26(33)36)15-19-9-11-20(12-10-19)30-13-3-4-22(30)34/h5-12,16H,3-4,13-15H2,1-2H3. The number of aryl methyl sites for hydroxylation is 2. The number of anilines is 1. The lowest BCUT2D eigenvalue weighted by molar-refractivity contribution is -0.117. The van der Waals surface area contributed by atoms with Crippen molar-refractivity contribution in [3.05, 3.63) is 92.3 Å². The highest BCUT2D eigenvalue weighted by Gasteiger charge is 2.22. The van der Waals surface area contributed by atoms with Gasteiger partial charge in [0.25, 0.3) is 5.56 Å². The first kappa shape index (κ1) is 22.0. The molecule has 2 aromatic carbocycles. The fourth-order valence-corrected chi connectivity index (χ4v) is 4.79. The van der Waals surface area contributed by atoms with Gasteiger partial charge < -0.3 is 4.90 Å². The molecule has 0 aliphatic carbocycles. The summed E-state index contributed by atoms with van der Waals surface area (Å²) in [6.07, 6.45) is 3.10. The fraction of sp³-hybridized carbons (Fsp3) is 0.269. The molecule has 0 saturated carbocycles. The second kappa shape index (κ2) is 8.33. The van der Waals surface area contributed by atoms with Crippen LogP contribution in [0.2, 0.25) is 0 Å². The lowest BCUT2D eigenvalue weighted by Crippen LogP contribution is -2.26. The van der Waals surface area contributed by atoms with Crippen LogP contribution in [-0.2, 0) is 24.9 Å². The third kappa shape index (κ3) is 3.62. The number of nitrogens with zero attached hydrogens (tertiary/aromatic N) is 7. The third-order valence-corrected chi connectivity index (χ3v) is 6.68. The van der Waals surface area contributed by atoms with Crippen LogP contribution in [0.25, 0.3) is 16.8 Å². The first-order chi connectivity index (χ1) is 17.4. The summed E-state index contributed by atoms with van der Waals surface area (Å²) in [5, 5.41) is 8.90. The van der Waals surface area contributed by atoms with Gasteiger partial charge in [0.05, 0.1) is 13.1 Å². The molecule has 0 radical (unpaired) electrons. The van der Waals surface area contributed by atoms with Crippen LogP contribution < -0.4 is 16.1 Å². The average molecular weight is 484 g/mol. The Morgan fingerprint density at radius 3 is 2.28 bits per heavy atom. The molecule has 6 rings (SSSR count). The summed E-state index contributed by atoms with van der Waals surface area (Å²) in [7, 11) is 1.72. The predicted octanol–water partition coefficient (Wildman–Crippen LogP) is 2.08. The maximum Gasteiger partial charge on any atom is 0.352 e. The number of amides is 1. The van der Waals surface area contributed by atoms with Gasteiger partial charge in [-0.1, -0.05) is 42.0 Å². The molecule has 10 nitrogen and oxygen atoms in total. The van der Waals surface area contributed by atoms with Crippen LogP contribution in [0, 0.1) is 6.92 Å². The molecule has 4 heterocycles. The maximum atomic E-state index is 13.5. The van der Waals surface area contributed by atoms with Crippen molar-refractivity contribution in [2.24, 2.45) is 7.05 Å². The van der Waals surface area contributed by atoms with Crippen LogP contribution in [-0.4, -0.2) is 41.0 Å². The maximum absolute atomic E-state index is 13.5. The molecule has 1 fully saturated rings. The minimum absolute atomic E-state index is 0.131. The van der Waals surface area contributed by atoms with Crippen molar-refractivity contribution in [3.63, 3.8) is 0 Å². The summed E-state index contributed by atoms with van der Waals surface area (Å²) in [6.45, 7) is 3.23. The molecule has 10 heteroatoms. The Hall–Kier alpha value is -4.47. The van der Waals surface area contributed by atoms with Crippen LogP contribution >= 0.6 is 0 Å². The van der Waals surface area contributed by atoms with Crippen molar-refractivity contribution in [1.82, 2.24) is 28.5 Å². The lowest BCUT2D eigenvalue weighted by atomic mass is 10.1. The molecule has 1 aliphatic heterocycles.